The Morgan fingerprint density at radius 2 is 2.17 bits per heavy atom. The summed E-state index contributed by atoms with van der Waals surface area (Å²) in [4.78, 5) is 15.7. The second-order valence-electron chi connectivity index (χ2n) is 5.32. The molecule has 0 aromatic heterocycles. The molecule has 7 heteroatoms. The molecule has 6 nitrogen and oxygen atoms in total. The van der Waals surface area contributed by atoms with E-state index in [2.05, 4.69) is 11.9 Å². The molecule has 0 aromatic carbocycles. The zero-order valence-electron chi connectivity index (χ0n) is 10.7. The van der Waals surface area contributed by atoms with Gasteiger partial charge in [-0.3, -0.25) is 4.79 Å². The normalized spacial score (nSPS) is 30.3. The topological polar surface area (TPSA) is 83.7 Å². The minimum atomic E-state index is -3.59. The lowest BCUT2D eigenvalue weighted by Gasteiger charge is -2.23. The van der Waals surface area contributed by atoms with Gasteiger partial charge in [-0.15, -0.1) is 0 Å². The lowest BCUT2D eigenvalue weighted by atomic mass is 10.1. The van der Waals surface area contributed by atoms with Gasteiger partial charge in [0, 0.05) is 25.6 Å². The van der Waals surface area contributed by atoms with E-state index in [9.17, 15) is 13.2 Å². The van der Waals surface area contributed by atoms with Gasteiger partial charge in [0.2, 0.25) is 15.9 Å². The molecule has 2 saturated heterocycles. The standard InChI is InChI=1S/C11H21N3O3S/c1-13-5-2-3-9(13)4-6-14-8-10(7-11(14)15)18(12,16)17/h9-10H,2-8H2,1H3,(H2,12,16,17). The Balaban J connectivity index is 1.85. The lowest BCUT2D eigenvalue weighted by Crippen LogP contribution is -2.35. The Labute approximate surface area is 108 Å². The molecule has 2 rings (SSSR count). The van der Waals surface area contributed by atoms with Gasteiger partial charge in [0.1, 0.15) is 5.25 Å². The highest BCUT2D eigenvalue weighted by Crippen LogP contribution is 2.21. The van der Waals surface area contributed by atoms with Crippen LogP contribution in [0.15, 0.2) is 0 Å². The van der Waals surface area contributed by atoms with E-state index in [1.54, 1.807) is 4.90 Å². The van der Waals surface area contributed by atoms with Crippen molar-refractivity contribution in [3.8, 4) is 0 Å². The number of nitrogens with two attached hydrogens (primary N) is 1. The smallest absolute Gasteiger partial charge is 0.224 e. The first-order chi connectivity index (χ1) is 8.38. The number of rotatable bonds is 4. The summed E-state index contributed by atoms with van der Waals surface area (Å²) in [6.07, 6.45) is 3.32. The van der Waals surface area contributed by atoms with Gasteiger partial charge in [0.25, 0.3) is 0 Å². The van der Waals surface area contributed by atoms with E-state index in [1.165, 1.54) is 6.42 Å². The van der Waals surface area contributed by atoms with E-state index in [0.717, 1.165) is 19.4 Å². The fraction of sp³-hybridized carbons (Fsp3) is 0.909. The number of hydrogen-bond donors (Lipinski definition) is 1. The van der Waals surface area contributed by atoms with Crippen molar-refractivity contribution in [2.75, 3.05) is 26.7 Å². The quantitative estimate of drug-likeness (QED) is 0.740. The predicted molar refractivity (Wildman–Crippen MR) is 68.4 cm³/mol. The van der Waals surface area contributed by atoms with E-state index in [1.807, 2.05) is 0 Å². The fourth-order valence-electron chi connectivity index (χ4n) is 2.82. The van der Waals surface area contributed by atoms with Crippen molar-refractivity contribution in [3.63, 3.8) is 0 Å². The van der Waals surface area contributed by atoms with Crippen LogP contribution in [0, 0.1) is 0 Å². The van der Waals surface area contributed by atoms with Gasteiger partial charge in [0.15, 0.2) is 0 Å². The molecule has 18 heavy (non-hydrogen) atoms. The van der Waals surface area contributed by atoms with Crippen LogP contribution in [0.4, 0.5) is 0 Å². The first-order valence-corrected chi connectivity index (χ1v) is 7.98. The molecule has 2 atom stereocenters. The number of sulfonamides is 1. The number of amides is 1. The third-order valence-electron chi connectivity index (χ3n) is 4.05. The molecule has 2 heterocycles. The van der Waals surface area contributed by atoms with Crippen LogP contribution in [0.3, 0.4) is 0 Å². The molecular weight excluding hydrogens is 254 g/mol. The first-order valence-electron chi connectivity index (χ1n) is 6.37. The summed E-state index contributed by atoms with van der Waals surface area (Å²) in [6, 6.07) is 0.520. The number of nitrogens with zero attached hydrogens (tertiary/aromatic N) is 2. The number of carbonyl (C=O) groups excluding carboxylic acids is 1. The highest BCUT2D eigenvalue weighted by molar-refractivity contribution is 7.89. The molecule has 0 spiro atoms. The highest BCUT2D eigenvalue weighted by atomic mass is 32.2. The van der Waals surface area contributed by atoms with Crippen molar-refractivity contribution >= 4 is 15.9 Å². The molecule has 2 unspecified atom stereocenters. The van der Waals surface area contributed by atoms with Crippen molar-refractivity contribution < 1.29 is 13.2 Å². The van der Waals surface area contributed by atoms with Crippen molar-refractivity contribution in [2.45, 2.75) is 37.0 Å². The van der Waals surface area contributed by atoms with Crippen LogP contribution in [0.1, 0.15) is 25.7 Å². The van der Waals surface area contributed by atoms with Crippen LogP contribution in [0.5, 0.6) is 0 Å². The molecular formula is C11H21N3O3S. The van der Waals surface area contributed by atoms with Crippen LogP contribution >= 0.6 is 0 Å². The number of primary sulfonamides is 1. The zero-order valence-corrected chi connectivity index (χ0v) is 11.5. The summed E-state index contributed by atoms with van der Waals surface area (Å²) in [5.41, 5.74) is 0. The maximum absolute atomic E-state index is 11.7. The summed E-state index contributed by atoms with van der Waals surface area (Å²) >= 11 is 0. The van der Waals surface area contributed by atoms with E-state index in [4.69, 9.17) is 5.14 Å². The van der Waals surface area contributed by atoms with Gasteiger partial charge >= 0.3 is 0 Å². The van der Waals surface area contributed by atoms with Crippen LogP contribution in [-0.4, -0.2) is 62.1 Å². The molecule has 0 radical (unpaired) electrons. The highest BCUT2D eigenvalue weighted by Gasteiger charge is 2.36. The van der Waals surface area contributed by atoms with Crippen molar-refractivity contribution in [1.29, 1.82) is 0 Å². The van der Waals surface area contributed by atoms with Gasteiger partial charge < -0.3 is 9.80 Å². The third-order valence-corrected chi connectivity index (χ3v) is 5.29. The minimum absolute atomic E-state index is 0.0410. The summed E-state index contributed by atoms with van der Waals surface area (Å²) in [5, 5.41) is 4.37. The maximum atomic E-state index is 11.7. The molecule has 0 aliphatic carbocycles. The Morgan fingerprint density at radius 1 is 1.44 bits per heavy atom. The Hall–Kier alpha value is -0.660. The Bertz CT molecular complexity index is 423. The first kappa shape index (κ1) is 13.8. The van der Waals surface area contributed by atoms with Crippen LogP contribution in [0.25, 0.3) is 0 Å². The average molecular weight is 275 g/mol. The second kappa shape index (κ2) is 5.14. The minimum Gasteiger partial charge on any atom is -0.341 e. The van der Waals surface area contributed by atoms with Gasteiger partial charge in [-0.1, -0.05) is 0 Å². The zero-order chi connectivity index (χ0) is 13.3. The Morgan fingerprint density at radius 3 is 2.67 bits per heavy atom. The number of carbonyl (C=O) groups is 1. The molecule has 0 aromatic rings. The molecule has 2 fully saturated rings. The largest absolute Gasteiger partial charge is 0.341 e. The molecule has 0 bridgehead atoms. The molecule has 104 valence electrons. The summed E-state index contributed by atoms with van der Waals surface area (Å²) in [7, 11) is -1.50. The van der Waals surface area contributed by atoms with Crippen molar-refractivity contribution in [3.05, 3.63) is 0 Å². The SMILES string of the molecule is CN1CCCC1CCN1CC(S(N)(=O)=O)CC1=O. The Kier molecular flexibility index (Phi) is 3.93. The van der Waals surface area contributed by atoms with Crippen molar-refractivity contribution in [1.82, 2.24) is 9.80 Å². The van der Waals surface area contributed by atoms with E-state index in [-0.39, 0.29) is 18.9 Å². The molecule has 0 saturated carbocycles. The van der Waals surface area contributed by atoms with Gasteiger partial charge in [0.05, 0.1) is 0 Å². The van der Waals surface area contributed by atoms with E-state index in [0.29, 0.717) is 12.6 Å². The molecule has 2 N–H and O–H groups in total. The number of hydrogen-bond acceptors (Lipinski definition) is 4. The molecule has 2 aliphatic heterocycles. The van der Waals surface area contributed by atoms with Crippen molar-refractivity contribution in [2.24, 2.45) is 5.14 Å². The van der Waals surface area contributed by atoms with E-state index >= 15 is 0 Å². The summed E-state index contributed by atoms with van der Waals surface area (Å²) in [6.45, 7) is 2.01. The van der Waals surface area contributed by atoms with E-state index < -0.39 is 15.3 Å². The number of likely N-dealkylation sites (tertiary alicyclic amines) is 2. The third kappa shape index (κ3) is 3.02. The summed E-state index contributed by atoms with van der Waals surface area (Å²) in [5.74, 6) is -0.0883. The molecule has 2 aliphatic rings. The maximum Gasteiger partial charge on any atom is 0.224 e. The summed E-state index contributed by atoms with van der Waals surface area (Å²) < 4.78 is 22.5. The van der Waals surface area contributed by atoms with Crippen LogP contribution in [0.2, 0.25) is 0 Å². The monoisotopic (exact) mass is 275 g/mol. The van der Waals surface area contributed by atoms with Gasteiger partial charge in [-0.25, -0.2) is 13.6 Å². The predicted octanol–water partition coefficient (Wildman–Crippen LogP) is -0.640. The molecule has 1 amide bonds. The second-order valence-corrected chi connectivity index (χ2v) is 7.16. The fourth-order valence-corrected chi connectivity index (χ4v) is 3.58. The van der Waals surface area contributed by atoms with Crippen LogP contribution in [-0.2, 0) is 14.8 Å². The van der Waals surface area contributed by atoms with Gasteiger partial charge in [-0.2, -0.15) is 0 Å². The average Bonchev–Trinajstić information content (AvgIpc) is 2.82. The van der Waals surface area contributed by atoms with Gasteiger partial charge in [-0.05, 0) is 32.9 Å². The van der Waals surface area contributed by atoms with Crippen LogP contribution < -0.4 is 5.14 Å². The lowest BCUT2D eigenvalue weighted by molar-refractivity contribution is -0.127.